The predicted molar refractivity (Wildman–Crippen MR) is 164 cm³/mol. The van der Waals surface area contributed by atoms with E-state index in [9.17, 15) is 5.26 Å². The van der Waals surface area contributed by atoms with Gasteiger partial charge in [-0.05, 0) is 41.1 Å². The van der Waals surface area contributed by atoms with Gasteiger partial charge < -0.3 is 9.13 Å². The van der Waals surface area contributed by atoms with Gasteiger partial charge in [-0.15, -0.1) is 0 Å². The molecule has 0 saturated heterocycles. The van der Waals surface area contributed by atoms with Crippen LogP contribution in [0.5, 0.6) is 0 Å². The van der Waals surface area contributed by atoms with Crippen LogP contribution in [0.25, 0.3) is 70.6 Å². The van der Waals surface area contributed by atoms with Crippen LogP contribution in [0.15, 0.2) is 121 Å². The Morgan fingerprint density at radius 2 is 1.12 bits per heavy atom. The number of nitrogens with zero attached hydrogens (tertiary/aromatic N) is 4. The summed E-state index contributed by atoms with van der Waals surface area (Å²) in [6, 6.07) is 43.7. The molecule has 184 valence electrons. The maximum atomic E-state index is 10.8. The molecule has 8 aromatic rings. The van der Waals surface area contributed by atoms with Crippen LogP contribution >= 0.6 is 0 Å². The zero-order valence-electron chi connectivity index (χ0n) is 21.3. The summed E-state index contributed by atoms with van der Waals surface area (Å²) in [5, 5.41) is 17.6. The molecular weight excluding hydrogens is 488 g/mol. The normalized spacial score (nSPS) is 11.4. The summed E-state index contributed by atoms with van der Waals surface area (Å²) >= 11 is 0. The number of hydrogen-bond acceptors (Lipinski definition) is 1. The van der Waals surface area contributed by atoms with E-state index in [0.717, 1.165) is 49.3 Å². The summed E-state index contributed by atoms with van der Waals surface area (Å²) in [5.74, 6) is 0. The average Bonchev–Trinajstić information content (AvgIpc) is 3.53. The molecule has 0 spiro atoms. The molecule has 2 aromatic heterocycles. The number of hydrogen-bond donors (Lipinski definition) is 0. The molecule has 4 heteroatoms. The van der Waals surface area contributed by atoms with Gasteiger partial charge in [0, 0.05) is 21.5 Å². The van der Waals surface area contributed by atoms with Crippen LogP contribution < -0.4 is 0 Å². The van der Waals surface area contributed by atoms with Gasteiger partial charge in [0.2, 0.25) is 5.69 Å². The maximum Gasteiger partial charge on any atom is 0.212 e. The lowest BCUT2D eigenvalue weighted by atomic mass is 10.0. The van der Waals surface area contributed by atoms with Crippen molar-refractivity contribution in [2.24, 2.45) is 0 Å². The van der Waals surface area contributed by atoms with E-state index in [1.807, 2.05) is 42.5 Å². The number of benzene rings is 6. The number of nitriles is 1. The van der Waals surface area contributed by atoms with Crippen molar-refractivity contribution < 1.29 is 0 Å². The van der Waals surface area contributed by atoms with Gasteiger partial charge in [0.15, 0.2) is 0 Å². The Hall–Kier alpha value is -5.84. The third kappa shape index (κ3) is 2.88. The highest BCUT2D eigenvalue weighted by Crippen LogP contribution is 2.42. The van der Waals surface area contributed by atoms with E-state index in [2.05, 4.69) is 98.9 Å². The molecule has 0 N–H and O–H groups in total. The molecule has 0 unspecified atom stereocenters. The second kappa shape index (κ2) is 8.33. The Bertz CT molecular complexity index is 2350. The molecule has 0 aliphatic rings. The van der Waals surface area contributed by atoms with Crippen molar-refractivity contribution in [2.75, 3.05) is 0 Å². The Morgan fingerprint density at radius 3 is 1.77 bits per heavy atom. The zero-order valence-corrected chi connectivity index (χ0v) is 21.3. The highest BCUT2D eigenvalue weighted by Gasteiger charge is 2.23. The lowest BCUT2D eigenvalue weighted by Gasteiger charge is -2.17. The monoisotopic (exact) mass is 508 g/mol. The highest BCUT2D eigenvalue weighted by molar-refractivity contribution is 6.21. The predicted octanol–water partition coefficient (Wildman–Crippen LogP) is 9.46. The molecule has 0 atom stereocenters. The molecule has 0 amide bonds. The van der Waals surface area contributed by atoms with E-state index in [0.29, 0.717) is 16.9 Å². The summed E-state index contributed by atoms with van der Waals surface area (Å²) in [7, 11) is 0. The average molecular weight is 509 g/mol. The first-order chi connectivity index (χ1) is 19.8. The summed E-state index contributed by atoms with van der Waals surface area (Å²) < 4.78 is 4.27. The van der Waals surface area contributed by atoms with Gasteiger partial charge in [0.05, 0.1) is 45.6 Å². The van der Waals surface area contributed by atoms with Crippen LogP contribution in [-0.4, -0.2) is 9.13 Å². The molecule has 2 heterocycles. The van der Waals surface area contributed by atoms with Crippen molar-refractivity contribution in [3.8, 4) is 17.4 Å². The van der Waals surface area contributed by atoms with Crippen molar-refractivity contribution in [3.05, 3.63) is 138 Å². The standard InChI is InChI=1S/C36H20N4/c1-38-29-19-21-33(28(22-37)36(29)40-30-15-7-4-12-25(30)26-13-5-8-16-31(26)40)39-32-17-9-6-14-27(32)35-24-11-3-2-10-23(24)18-20-34(35)39/h2-21H. The minimum Gasteiger partial charge on any atom is -0.318 e. The van der Waals surface area contributed by atoms with Crippen molar-refractivity contribution in [2.45, 2.75) is 0 Å². The van der Waals surface area contributed by atoms with E-state index in [1.165, 1.54) is 10.8 Å². The van der Waals surface area contributed by atoms with Crippen LogP contribution in [0.3, 0.4) is 0 Å². The smallest absolute Gasteiger partial charge is 0.212 e. The second-order valence-electron chi connectivity index (χ2n) is 9.95. The van der Waals surface area contributed by atoms with Gasteiger partial charge in [0.25, 0.3) is 0 Å². The molecule has 0 aliphatic carbocycles. The van der Waals surface area contributed by atoms with Crippen LogP contribution in [-0.2, 0) is 0 Å². The zero-order chi connectivity index (χ0) is 26.8. The van der Waals surface area contributed by atoms with E-state index in [1.54, 1.807) is 0 Å². The van der Waals surface area contributed by atoms with Crippen molar-refractivity contribution in [3.63, 3.8) is 0 Å². The number of para-hydroxylation sites is 3. The van der Waals surface area contributed by atoms with Crippen molar-refractivity contribution in [1.29, 1.82) is 5.26 Å². The van der Waals surface area contributed by atoms with Crippen molar-refractivity contribution in [1.82, 2.24) is 9.13 Å². The topological polar surface area (TPSA) is 38.0 Å². The largest absolute Gasteiger partial charge is 0.318 e. The minimum absolute atomic E-state index is 0.443. The fraction of sp³-hybridized carbons (Fsp3) is 0. The van der Waals surface area contributed by atoms with Gasteiger partial charge in [-0.3, -0.25) is 0 Å². The Balaban J connectivity index is 1.56. The number of rotatable bonds is 2. The van der Waals surface area contributed by atoms with Crippen LogP contribution in [0.1, 0.15) is 5.56 Å². The first-order valence-corrected chi connectivity index (χ1v) is 13.1. The third-order valence-corrected chi connectivity index (χ3v) is 7.97. The molecule has 40 heavy (non-hydrogen) atoms. The molecule has 0 fully saturated rings. The summed E-state index contributed by atoms with van der Waals surface area (Å²) in [5.41, 5.74) is 6.27. The van der Waals surface area contributed by atoms with Gasteiger partial charge in [-0.1, -0.05) is 91.0 Å². The van der Waals surface area contributed by atoms with Gasteiger partial charge >= 0.3 is 0 Å². The molecule has 0 radical (unpaired) electrons. The number of aromatic nitrogens is 2. The SMILES string of the molecule is [C-]#[N+]c1ccc(-n2c3ccccc3c3c4ccccc4ccc32)c(C#N)c1-n1c2ccccc2c2ccccc21. The van der Waals surface area contributed by atoms with E-state index in [4.69, 9.17) is 6.57 Å². The number of fused-ring (bicyclic) bond motifs is 8. The fourth-order valence-electron chi connectivity index (χ4n) is 6.34. The molecule has 4 nitrogen and oxygen atoms in total. The molecule has 0 saturated carbocycles. The first kappa shape index (κ1) is 22.2. The summed E-state index contributed by atoms with van der Waals surface area (Å²) in [6.45, 7) is 8.07. The molecule has 0 bridgehead atoms. The quantitative estimate of drug-likeness (QED) is 0.214. The lowest BCUT2D eigenvalue weighted by molar-refractivity contribution is 1.12. The van der Waals surface area contributed by atoms with Crippen molar-refractivity contribution >= 4 is 60.1 Å². The fourth-order valence-corrected chi connectivity index (χ4v) is 6.34. The molecule has 6 aromatic carbocycles. The Morgan fingerprint density at radius 1 is 0.550 bits per heavy atom. The molecule has 8 rings (SSSR count). The maximum absolute atomic E-state index is 10.8. The van der Waals surface area contributed by atoms with Gasteiger partial charge in [-0.2, -0.15) is 5.26 Å². The summed E-state index contributed by atoms with van der Waals surface area (Å²) in [6.07, 6.45) is 0. The van der Waals surface area contributed by atoms with E-state index >= 15 is 0 Å². The van der Waals surface area contributed by atoms with E-state index < -0.39 is 0 Å². The van der Waals surface area contributed by atoms with E-state index in [-0.39, 0.29) is 0 Å². The molecule has 0 aliphatic heterocycles. The Kier molecular flexibility index (Phi) is 4.62. The van der Waals surface area contributed by atoms with Gasteiger partial charge in [0.1, 0.15) is 6.07 Å². The Labute approximate surface area is 230 Å². The first-order valence-electron chi connectivity index (χ1n) is 13.1. The second-order valence-corrected chi connectivity index (χ2v) is 9.95. The minimum atomic E-state index is 0.443. The van der Waals surface area contributed by atoms with Crippen LogP contribution in [0, 0.1) is 17.9 Å². The van der Waals surface area contributed by atoms with Crippen LogP contribution in [0.2, 0.25) is 0 Å². The third-order valence-electron chi connectivity index (χ3n) is 7.97. The van der Waals surface area contributed by atoms with Crippen LogP contribution in [0.4, 0.5) is 5.69 Å². The molecular formula is C36H20N4. The lowest BCUT2D eigenvalue weighted by Crippen LogP contribution is -2.04. The highest BCUT2D eigenvalue weighted by atomic mass is 15.0. The summed E-state index contributed by atoms with van der Waals surface area (Å²) in [4.78, 5) is 3.91. The van der Waals surface area contributed by atoms with Gasteiger partial charge in [-0.25, -0.2) is 4.85 Å².